The van der Waals surface area contributed by atoms with Crippen LogP contribution in [0.4, 0.5) is 9.93 Å². The fourth-order valence-electron chi connectivity index (χ4n) is 4.23. The van der Waals surface area contributed by atoms with Crippen molar-refractivity contribution >= 4 is 49.5 Å². The van der Waals surface area contributed by atoms with Crippen molar-refractivity contribution in [3.63, 3.8) is 0 Å². The molecule has 12 heteroatoms. The first-order valence-electron chi connectivity index (χ1n) is 12.8. The number of hydrogen-bond acceptors (Lipinski definition) is 8. The van der Waals surface area contributed by atoms with Crippen LogP contribution in [-0.2, 0) is 19.6 Å². The number of alkyl carbamates (subject to hydrolysis) is 1. The van der Waals surface area contributed by atoms with E-state index in [-0.39, 0.29) is 16.5 Å². The van der Waals surface area contributed by atoms with Crippen molar-refractivity contribution in [3.8, 4) is 11.3 Å². The molecule has 4 rings (SSSR count). The molecule has 40 heavy (non-hydrogen) atoms. The van der Waals surface area contributed by atoms with Gasteiger partial charge in [0.2, 0.25) is 5.91 Å². The number of carbonyl (C=O) groups is 2. The number of anilines is 1. The molecule has 2 N–H and O–H groups in total. The molecule has 1 aromatic carbocycles. The topological polar surface area (TPSA) is 132 Å². The van der Waals surface area contributed by atoms with Gasteiger partial charge in [-0.05, 0) is 64.3 Å². The highest BCUT2D eigenvalue weighted by atomic mass is 32.2. The average molecular weight is 584 g/mol. The van der Waals surface area contributed by atoms with Crippen LogP contribution in [0.5, 0.6) is 0 Å². The number of hydrogen-bond donors (Lipinski definition) is 2. The predicted molar refractivity (Wildman–Crippen MR) is 156 cm³/mol. The van der Waals surface area contributed by atoms with Crippen LogP contribution in [0.2, 0.25) is 0 Å². The number of aromatic nitrogens is 3. The molecule has 0 spiro atoms. The second kappa shape index (κ2) is 11.4. The zero-order valence-electron chi connectivity index (χ0n) is 23.3. The average Bonchev–Trinajstić information content (AvgIpc) is 3.46. The number of nitrogens with zero attached hydrogens (tertiary/aromatic N) is 3. The van der Waals surface area contributed by atoms with Gasteiger partial charge < -0.3 is 15.4 Å². The monoisotopic (exact) mass is 583 g/mol. The summed E-state index contributed by atoms with van der Waals surface area (Å²) in [4.78, 5) is 34.6. The van der Waals surface area contributed by atoms with Crippen molar-refractivity contribution in [1.29, 1.82) is 0 Å². The van der Waals surface area contributed by atoms with E-state index in [2.05, 4.69) is 20.6 Å². The van der Waals surface area contributed by atoms with E-state index < -0.39 is 33.7 Å². The second-order valence-corrected chi connectivity index (χ2v) is 13.5. The van der Waals surface area contributed by atoms with E-state index in [9.17, 15) is 18.0 Å². The van der Waals surface area contributed by atoms with Crippen molar-refractivity contribution in [2.24, 2.45) is 5.92 Å². The second-order valence-electron chi connectivity index (χ2n) is 10.8. The summed E-state index contributed by atoms with van der Waals surface area (Å²) < 4.78 is 33.4. The third-order valence-corrected chi connectivity index (χ3v) is 8.41. The number of ether oxygens (including phenoxy) is 1. The van der Waals surface area contributed by atoms with E-state index >= 15 is 0 Å². The molecular weight excluding hydrogens is 550 g/mol. The molecule has 2 amide bonds. The van der Waals surface area contributed by atoms with E-state index in [1.165, 1.54) is 21.5 Å². The lowest BCUT2D eigenvalue weighted by molar-refractivity contribution is -0.118. The number of thiazole rings is 1. The molecule has 0 fully saturated rings. The van der Waals surface area contributed by atoms with E-state index in [0.29, 0.717) is 33.9 Å². The smallest absolute Gasteiger partial charge is 0.408 e. The van der Waals surface area contributed by atoms with Crippen LogP contribution in [0.1, 0.15) is 46.7 Å². The van der Waals surface area contributed by atoms with Crippen LogP contribution < -0.4 is 10.6 Å². The number of fused-ring (bicyclic) bond motifs is 1. The first kappa shape index (κ1) is 29.2. The summed E-state index contributed by atoms with van der Waals surface area (Å²) in [6.07, 6.45) is 1.28. The fourth-order valence-corrected chi connectivity index (χ4v) is 6.46. The molecule has 10 nitrogen and oxygen atoms in total. The summed E-state index contributed by atoms with van der Waals surface area (Å²) in [6.45, 7) is 10.9. The molecule has 4 aromatic rings. The van der Waals surface area contributed by atoms with Gasteiger partial charge in [-0.3, -0.25) is 4.79 Å². The quantitative estimate of drug-likeness (QED) is 0.277. The maximum atomic E-state index is 13.4. The molecule has 0 saturated heterocycles. The minimum atomic E-state index is -3.87. The zero-order chi connectivity index (χ0) is 29.2. The Morgan fingerprint density at radius 2 is 1.82 bits per heavy atom. The largest absolute Gasteiger partial charge is 0.444 e. The van der Waals surface area contributed by atoms with Crippen LogP contribution >= 0.6 is 11.3 Å². The van der Waals surface area contributed by atoms with Gasteiger partial charge in [0.15, 0.2) is 10.8 Å². The van der Waals surface area contributed by atoms with Gasteiger partial charge in [-0.15, -0.1) is 11.3 Å². The lowest BCUT2D eigenvalue weighted by Gasteiger charge is -2.23. The molecule has 3 aromatic heterocycles. The Bertz CT molecular complexity index is 1640. The summed E-state index contributed by atoms with van der Waals surface area (Å²) in [5.41, 5.74) is 1.34. The van der Waals surface area contributed by atoms with Crippen molar-refractivity contribution in [1.82, 2.24) is 19.3 Å². The molecule has 1 atom stereocenters. The summed E-state index contributed by atoms with van der Waals surface area (Å²) in [6, 6.07) is 10.9. The van der Waals surface area contributed by atoms with Crippen LogP contribution in [0, 0.1) is 12.8 Å². The van der Waals surface area contributed by atoms with Crippen molar-refractivity contribution < 1.29 is 22.7 Å². The molecule has 0 radical (unpaired) electrons. The minimum Gasteiger partial charge on any atom is -0.444 e. The van der Waals surface area contributed by atoms with E-state index in [1.54, 1.807) is 75.5 Å². The minimum absolute atomic E-state index is 0.141. The van der Waals surface area contributed by atoms with Gasteiger partial charge in [0.1, 0.15) is 11.6 Å². The zero-order valence-corrected chi connectivity index (χ0v) is 24.9. The normalized spacial score (nSPS) is 12.9. The molecule has 0 aliphatic carbocycles. The number of nitrogens with one attached hydrogen (secondary N) is 2. The molecule has 0 aliphatic heterocycles. The van der Waals surface area contributed by atoms with Gasteiger partial charge in [0.25, 0.3) is 10.0 Å². The highest BCUT2D eigenvalue weighted by Gasteiger charge is 2.27. The third-order valence-electron chi connectivity index (χ3n) is 5.84. The van der Waals surface area contributed by atoms with Crippen LogP contribution in [0.15, 0.2) is 58.9 Å². The van der Waals surface area contributed by atoms with Crippen molar-refractivity contribution in [2.75, 3.05) is 5.32 Å². The number of benzene rings is 1. The van der Waals surface area contributed by atoms with Gasteiger partial charge in [-0.2, -0.15) is 0 Å². The fraction of sp³-hybridized carbons (Fsp3) is 0.357. The summed E-state index contributed by atoms with van der Waals surface area (Å²) in [5, 5.41) is 8.20. The van der Waals surface area contributed by atoms with Crippen LogP contribution in [-0.4, -0.2) is 46.0 Å². The Kier molecular flexibility index (Phi) is 8.31. The number of rotatable bonds is 8. The summed E-state index contributed by atoms with van der Waals surface area (Å²) in [5.74, 6) is -0.265. The van der Waals surface area contributed by atoms with Crippen molar-refractivity contribution in [3.05, 3.63) is 59.7 Å². The van der Waals surface area contributed by atoms with Gasteiger partial charge in [-0.1, -0.05) is 32.0 Å². The summed E-state index contributed by atoms with van der Waals surface area (Å²) in [7, 11) is -3.87. The maximum Gasteiger partial charge on any atom is 0.408 e. The molecule has 3 heterocycles. The number of pyridine rings is 1. The molecule has 0 unspecified atom stereocenters. The third kappa shape index (κ3) is 6.50. The Balaban J connectivity index is 1.61. The highest BCUT2D eigenvalue weighted by molar-refractivity contribution is 7.90. The number of amides is 2. The van der Waals surface area contributed by atoms with Gasteiger partial charge in [-0.25, -0.2) is 27.2 Å². The van der Waals surface area contributed by atoms with Crippen LogP contribution in [0.3, 0.4) is 0 Å². The van der Waals surface area contributed by atoms with Crippen molar-refractivity contribution in [2.45, 2.75) is 64.5 Å². The number of carbonyl (C=O) groups excluding carboxylic acids is 2. The molecular formula is C28H33N5O5S2. The van der Waals surface area contributed by atoms with Gasteiger partial charge in [0.05, 0.1) is 10.6 Å². The first-order valence-corrected chi connectivity index (χ1v) is 15.1. The molecule has 0 saturated carbocycles. The van der Waals surface area contributed by atoms with Gasteiger partial charge >= 0.3 is 6.09 Å². The van der Waals surface area contributed by atoms with E-state index in [0.717, 1.165) is 0 Å². The van der Waals surface area contributed by atoms with E-state index in [4.69, 9.17) is 4.74 Å². The summed E-state index contributed by atoms with van der Waals surface area (Å²) >= 11 is 1.23. The standard InChI is InChI=1S/C28H33N5O5S2/c1-17(2)14-22(31-27(35)38-28(4,5)6)25(34)32-26-30-23(16-39-26)20-12-13-29-24-21(20)15-18(3)33(24)40(36,37)19-10-8-7-9-11-19/h7-13,15-17,22H,14H2,1-6H3,(H,31,35)(H,30,32,34)/t22-/m1/s1. The first-order chi connectivity index (χ1) is 18.8. The van der Waals surface area contributed by atoms with Gasteiger partial charge in [0, 0.05) is 28.2 Å². The van der Waals surface area contributed by atoms with E-state index in [1.807, 2.05) is 13.8 Å². The molecule has 0 aliphatic rings. The predicted octanol–water partition coefficient (Wildman–Crippen LogP) is 5.58. The Labute approximate surface area is 237 Å². The number of aryl methyl sites for hydroxylation is 1. The van der Waals surface area contributed by atoms with Crippen LogP contribution in [0.25, 0.3) is 22.3 Å². The Morgan fingerprint density at radius 3 is 2.48 bits per heavy atom. The SMILES string of the molecule is Cc1cc2c(-c3csc(NC(=O)[C@@H](CC(C)C)NC(=O)OC(C)(C)C)n3)ccnc2n1S(=O)(=O)c1ccccc1. The Morgan fingerprint density at radius 1 is 1.12 bits per heavy atom. The highest BCUT2D eigenvalue weighted by Crippen LogP contribution is 2.33. The molecule has 212 valence electrons. The lowest BCUT2D eigenvalue weighted by atomic mass is 10.0. The lowest BCUT2D eigenvalue weighted by Crippen LogP contribution is -2.46. The Hall–Kier alpha value is -3.77. The maximum absolute atomic E-state index is 13.4. The molecule has 0 bridgehead atoms.